The van der Waals surface area contributed by atoms with Crippen molar-refractivity contribution in [1.82, 2.24) is 19.4 Å². The van der Waals surface area contributed by atoms with Gasteiger partial charge in [0, 0.05) is 38.0 Å². The van der Waals surface area contributed by atoms with Crippen LogP contribution in [0.3, 0.4) is 0 Å². The average molecular weight is 533 g/mol. The van der Waals surface area contributed by atoms with Gasteiger partial charge < -0.3 is 19.7 Å². The maximum Gasteiger partial charge on any atom is 0.231 e. The Balaban J connectivity index is 0.000000465. The highest BCUT2D eigenvalue weighted by atomic mass is 32.2. The Hall–Kier alpha value is -1.92. The molecule has 3 aliphatic rings. The zero-order valence-electron chi connectivity index (χ0n) is 23.2. The number of likely N-dealkylation sites (tertiary alicyclic amines) is 1. The van der Waals surface area contributed by atoms with Crippen molar-refractivity contribution in [1.29, 1.82) is 0 Å². The Kier molecular flexibility index (Phi) is 15.5. The minimum absolute atomic E-state index is 0.359. The second kappa shape index (κ2) is 18.4. The van der Waals surface area contributed by atoms with Crippen LogP contribution in [0.2, 0.25) is 0 Å². The Labute approximate surface area is 229 Å². The first-order valence-corrected chi connectivity index (χ1v) is 14.7. The molecule has 1 aromatic rings. The summed E-state index contributed by atoms with van der Waals surface area (Å²) < 4.78 is 13.7. The molecule has 7 nitrogen and oxygen atoms in total. The average Bonchev–Trinajstić information content (AvgIpc) is 3.68. The number of nitrogens with one attached hydrogen (secondary N) is 1. The maximum atomic E-state index is 9.57. The van der Waals surface area contributed by atoms with Crippen molar-refractivity contribution in [2.75, 3.05) is 65.9 Å². The number of hydrogen-bond donors (Lipinski definition) is 1. The Morgan fingerprint density at radius 2 is 1.97 bits per heavy atom. The number of nitrogens with zero attached hydrogens (tertiary/aromatic N) is 3. The first kappa shape index (κ1) is 31.3. The quantitative estimate of drug-likeness (QED) is 0.174. The molecule has 37 heavy (non-hydrogen) atoms. The third-order valence-electron chi connectivity index (χ3n) is 6.99. The van der Waals surface area contributed by atoms with Crippen LogP contribution in [0.25, 0.3) is 0 Å². The lowest BCUT2D eigenvalue weighted by Gasteiger charge is -2.26. The molecule has 3 heterocycles. The van der Waals surface area contributed by atoms with Crippen LogP contribution in [0.4, 0.5) is 0 Å². The molecule has 2 unspecified atom stereocenters. The summed E-state index contributed by atoms with van der Waals surface area (Å²) in [6, 6.07) is 7.26. The van der Waals surface area contributed by atoms with Gasteiger partial charge in [-0.2, -0.15) is 0 Å². The van der Waals surface area contributed by atoms with Crippen LogP contribution in [-0.2, 0) is 4.79 Å². The number of carbonyl (C=O) groups is 1. The standard InChI is InChI=1S/C22H35N3O2S.C5H11NO.C2H2/c1-23(2)9-3-4-10-24-16-19(14-20(24)8-12-25-11-5-13-28-25)18-6-7-21-22(15-18)27-17-26-21;1-2-3-4-6-5-7;1-2/h6-7,15,19-20H,3-5,8-14,16-17H2,1-2H3;5H,2-4H2,1H3,(H,6,7);1-2H. The molecule has 1 N–H and O–H groups in total. The molecule has 2 fully saturated rings. The Morgan fingerprint density at radius 3 is 2.68 bits per heavy atom. The third-order valence-corrected chi connectivity index (χ3v) is 8.19. The summed E-state index contributed by atoms with van der Waals surface area (Å²) >= 11 is 2.04. The molecule has 2 saturated heterocycles. The molecule has 0 aromatic heterocycles. The molecule has 1 amide bonds. The summed E-state index contributed by atoms with van der Waals surface area (Å²) in [6.07, 6.45) is 17.4. The lowest BCUT2D eigenvalue weighted by atomic mass is 9.95. The summed E-state index contributed by atoms with van der Waals surface area (Å²) in [5.41, 5.74) is 1.42. The van der Waals surface area contributed by atoms with Crippen LogP contribution in [-0.4, -0.2) is 92.5 Å². The van der Waals surface area contributed by atoms with Gasteiger partial charge in [-0.15, -0.1) is 12.8 Å². The van der Waals surface area contributed by atoms with Gasteiger partial charge in [-0.05, 0) is 89.3 Å². The summed E-state index contributed by atoms with van der Waals surface area (Å²) in [5.74, 6) is 3.73. The smallest absolute Gasteiger partial charge is 0.231 e. The summed E-state index contributed by atoms with van der Waals surface area (Å²) in [7, 11) is 4.34. The summed E-state index contributed by atoms with van der Waals surface area (Å²) in [5, 5.41) is 2.57. The minimum atomic E-state index is 0.359. The first-order valence-electron chi connectivity index (χ1n) is 13.8. The van der Waals surface area contributed by atoms with E-state index in [0.717, 1.165) is 37.3 Å². The third kappa shape index (κ3) is 11.2. The molecule has 0 aliphatic carbocycles. The SMILES string of the molecule is C#C.CCCCNC=O.CN(C)CCCCN1CC(c2ccc3c(c2)OCO3)CC1CCN1CCCS1. The molecule has 0 radical (unpaired) electrons. The van der Waals surface area contributed by atoms with Crippen molar-refractivity contribution in [3.63, 3.8) is 0 Å². The van der Waals surface area contributed by atoms with E-state index in [4.69, 9.17) is 9.47 Å². The van der Waals surface area contributed by atoms with E-state index in [1.165, 1.54) is 76.1 Å². The monoisotopic (exact) mass is 532 g/mol. The predicted octanol–water partition coefficient (Wildman–Crippen LogP) is 4.44. The molecule has 0 saturated carbocycles. The Bertz CT molecular complexity index is 786. The number of fused-ring (bicyclic) bond motifs is 1. The molecule has 8 heteroatoms. The van der Waals surface area contributed by atoms with Crippen LogP contribution in [0.15, 0.2) is 18.2 Å². The fraction of sp³-hybridized carbons (Fsp3) is 0.690. The van der Waals surface area contributed by atoms with Crippen molar-refractivity contribution in [2.45, 2.75) is 63.8 Å². The van der Waals surface area contributed by atoms with Gasteiger partial charge in [0.2, 0.25) is 13.2 Å². The fourth-order valence-corrected chi connectivity index (χ4v) is 6.03. The van der Waals surface area contributed by atoms with Gasteiger partial charge in [-0.3, -0.25) is 14.0 Å². The van der Waals surface area contributed by atoms with Crippen molar-refractivity contribution in [3.8, 4) is 24.3 Å². The van der Waals surface area contributed by atoms with E-state index in [9.17, 15) is 4.79 Å². The van der Waals surface area contributed by atoms with Crippen molar-refractivity contribution in [3.05, 3.63) is 23.8 Å². The van der Waals surface area contributed by atoms with E-state index in [1.54, 1.807) is 0 Å². The van der Waals surface area contributed by atoms with Gasteiger partial charge in [0.1, 0.15) is 0 Å². The van der Waals surface area contributed by atoms with Crippen molar-refractivity contribution in [2.24, 2.45) is 0 Å². The van der Waals surface area contributed by atoms with Gasteiger partial charge in [0.25, 0.3) is 0 Å². The van der Waals surface area contributed by atoms with Crippen LogP contribution in [0.5, 0.6) is 11.5 Å². The van der Waals surface area contributed by atoms with Crippen molar-refractivity contribution >= 4 is 18.4 Å². The van der Waals surface area contributed by atoms with Crippen LogP contribution in [0, 0.1) is 12.8 Å². The number of ether oxygens (including phenoxy) is 2. The highest BCUT2D eigenvalue weighted by Crippen LogP contribution is 2.39. The van der Waals surface area contributed by atoms with E-state index < -0.39 is 0 Å². The van der Waals surface area contributed by atoms with Crippen LogP contribution < -0.4 is 14.8 Å². The van der Waals surface area contributed by atoms with E-state index in [1.807, 2.05) is 11.9 Å². The second-order valence-corrected chi connectivity index (χ2v) is 11.2. The topological polar surface area (TPSA) is 57.3 Å². The summed E-state index contributed by atoms with van der Waals surface area (Å²) in [6.45, 7) is 9.37. The lowest BCUT2D eigenvalue weighted by molar-refractivity contribution is -0.109. The van der Waals surface area contributed by atoms with E-state index in [0.29, 0.717) is 18.8 Å². The Morgan fingerprint density at radius 1 is 1.16 bits per heavy atom. The number of rotatable bonds is 13. The molecule has 4 rings (SSSR count). The number of amides is 1. The normalized spacial score (nSPS) is 20.7. The summed E-state index contributed by atoms with van der Waals surface area (Å²) in [4.78, 5) is 14.6. The zero-order chi connectivity index (χ0) is 26.9. The molecule has 2 atom stereocenters. The van der Waals surface area contributed by atoms with Gasteiger partial charge in [0.05, 0.1) is 0 Å². The molecule has 208 valence electrons. The minimum Gasteiger partial charge on any atom is -0.454 e. The number of hydrogen-bond acceptors (Lipinski definition) is 7. The maximum absolute atomic E-state index is 9.57. The zero-order valence-corrected chi connectivity index (χ0v) is 24.0. The molecule has 0 spiro atoms. The largest absolute Gasteiger partial charge is 0.454 e. The molecule has 0 bridgehead atoms. The van der Waals surface area contributed by atoms with Crippen LogP contribution in [0.1, 0.15) is 63.4 Å². The highest BCUT2D eigenvalue weighted by molar-refractivity contribution is 7.97. The number of unbranched alkanes of at least 4 members (excludes halogenated alkanes) is 2. The highest BCUT2D eigenvalue weighted by Gasteiger charge is 2.33. The molecule has 1 aromatic carbocycles. The number of terminal acetylenes is 1. The van der Waals surface area contributed by atoms with E-state index in [2.05, 4.69) is 71.5 Å². The lowest BCUT2D eigenvalue weighted by Crippen LogP contribution is -2.33. The van der Waals surface area contributed by atoms with E-state index >= 15 is 0 Å². The predicted molar refractivity (Wildman–Crippen MR) is 155 cm³/mol. The van der Waals surface area contributed by atoms with Crippen LogP contribution >= 0.6 is 11.9 Å². The van der Waals surface area contributed by atoms with E-state index in [-0.39, 0.29) is 0 Å². The van der Waals surface area contributed by atoms with Gasteiger partial charge in [-0.25, -0.2) is 0 Å². The first-order chi connectivity index (χ1) is 18.1. The number of carbonyl (C=O) groups excluding carboxylic acids is 1. The fourth-order valence-electron chi connectivity index (χ4n) is 5.02. The number of benzene rings is 1. The second-order valence-electron chi connectivity index (χ2n) is 10.0. The molecular formula is C29H48N4O3S. The molecule has 3 aliphatic heterocycles. The van der Waals surface area contributed by atoms with Gasteiger partial charge in [-0.1, -0.05) is 31.4 Å². The van der Waals surface area contributed by atoms with Crippen molar-refractivity contribution < 1.29 is 14.3 Å². The van der Waals surface area contributed by atoms with Gasteiger partial charge in [0.15, 0.2) is 11.5 Å². The van der Waals surface area contributed by atoms with Gasteiger partial charge >= 0.3 is 0 Å². The molecular weight excluding hydrogens is 484 g/mol.